The second kappa shape index (κ2) is 8.90. The second-order valence-corrected chi connectivity index (χ2v) is 6.82. The highest BCUT2D eigenvalue weighted by Crippen LogP contribution is 2.26. The van der Waals surface area contributed by atoms with Gasteiger partial charge in [0.1, 0.15) is 6.10 Å². The van der Waals surface area contributed by atoms with E-state index in [1.807, 2.05) is 32.4 Å². The summed E-state index contributed by atoms with van der Waals surface area (Å²) in [6.07, 6.45) is 4.08. The molecule has 6 nitrogen and oxygen atoms in total. The van der Waals surface area contributed by atoms with E-state index in [0.29, 0.717) is 16.8 Å². The van der Waals surface area contributed by atoms with Crippen molar-refractivity contribution in [1.29, 1.82) is 0 Å². The van der Waals surface area contributed by atoms with Gasteiger partial charge in [-0.15, -0.1) is 11.3 Å². The average molecular weight is 356 g/mol. The lowest BCUT2D eigenvalue weighted by atomic mass is 10.2. The number of aryl methyl sites for hydroxylation is 1. The standard InChI is InChI=1S/C15H22ClN5OS/c1-3-17-15(18-7-6-11-8-20-21(2)10-11)19-9-12(22)13-4-5-14(16)23-13/h4-5,8,10,12,22H,3,6-7,9H2,1-2H3,(H2,17,18,19). The van der Waals surface area contributed by atoms with Gasteiger partial charge < -0.3 is 15.7 Å². The minimum Gasteiger partial charge on any atom is -0.386 e. The van der Waals surface area contributed by atoms with Crippen molar-refractivity contribution in [2.75, 3.05) is 19.6 Å². The molecule has 0 saturated carbocycles. The molecule has 0 amide bonds. The number of hydrogen-bond donors (Lipinski definition) is 3. The number of halogens is 1. The fourth-order valence-corrected chi connectivity index (χ4v) is 3.08. The zero-order chi connectivity index (χ0) is 16.7. The molecule has 0 radical (unpaired) electrons. The Balaban J connectivity index is 1.84. The number of nitrogens with one attached hydrogen (secondary N) is 2. The molecular weight excluding hydrogens is 334 g/mol. The molecule has 3 N–H and O–H groups in total. The molecule has 0 aliphatic heterocycles. The van der Waals surface area contributed by atoms with E-state index in [9.17, 15) is 5.11 Å². The summed E-state index contributed by atoms with van der Waals surface area (Å²) in [7, 11) is 1.90. The number of rotatable bonds is 7. The van der Waals surface area contributed by atoms with Crippen LogP contribution in [0, 0.1) is 0 Å². The van der Waals surface area contributed by atoms with E-state index in [4.69, 9.17) is 11.6 Å². The van der Waals surface area contributed by atoms with Crippen LogP contribution in [-0.2, 0) is 13.5 Å². The van der Waals surface area contributed by atoms with Crippen LogP contribution in [0.1, 0.15) is 23.5 Å². The van der Waals surface area contributed by atoms with E-state index >= 15 is 0 Å². The first-order valence-electron chi connectivity index (χ1n) is 7.51. The molecular formula is C15H22ClN5OS. The van der Waals surface area contributed by atoms with Gasteiger partial charge in [0.2, 0.25) is 0 Å². The first-order valence-corrected chi connectivity index (χ1v) is 8.71. The number of aliphatic hydroxyl groups excluding tert-OH is 1. The monoisotopic (exact) mass is 355 g/mol. The highest BCUT2D eigenvalue weighted by Gasteiger charge is 2.10. The van der Waals surface area contributed by atoms with Crippen molar-refractivity contribution in [1.82, 2.24) is 20.4 Å². The van der Waals surface area contributed by atoms with Crippen LogP contribution in [0.4, 0.5) is 0 Å². The number of guanidine groups is 1. The van der Waals surface area contributed by atoms with Gasteiger partial charge in [0.15, 0.2) is 5.96 Å². The van der Waals surface area contributed by atoms with Gasteiger partial charge in [-0.3, -0.25) is 9.67 Å². The predicted molar refractivity (Wildman–Crippen MR) is 95.2 cm³/mol. The van der Waals surface area contributed by atoms with Gasteiger partial charge in [0.25, 0.3) is 0 Å². The molecule has 2 aromatic heterocycles. The highest BCUT2D eigenvalue weighted by atomic mass is 35.5. The number of hydrogen-bond acceptors (Lipinski definition) is 4. The van der Waals surface area contributed by atoms with Crippen LogP contribution in [0.5, 0.6) is 0 Å². The SMILES string of the molecule is CCNC(=NCC(O)c1ccc(Cl)s1)NCCc1cnn(C)c1. The van der Waals surface area contributed by atoms with E-state index < -0.39 is 6.10 Å². The van der Waals surface area contributed by atoms with Crippen LogP contribution >= 0.6 is 22.9 Å². The van der Waals surface area contributed by atoms with Crippen molar-refractivity contribution in [3.05, 3.63) is 39.3 Å². The fraction of sp³-hybridized carbons (Fsp3) is 0.467. The first-order chi connectivity index (χ1) is 11.1. The van der Waals surface area contributed by atoms with E-state index in [2.05, 4.69) is 20.7 Å². The molecule has 2 rings (SSSR count). The number of aliphatic hydroxyl groups is 1. The number of thiophene rings is 1. The third kappa shape index (κ3) is 5.85. The van der Waals surface area contributed by atoms with Crippen LogP contribution in [0.2, 0.25) is 4.34 Å². The zero-order valence-corrected chi connectivity index (χ0v) is 14.9. The van der Waals surface area contributed by atoms with Gasteiger partial charge in [0, 0.05) is 31.2 Å². The lowest BCUT2D eigenvalue weighted by molar-refractivity contribution is 0.191. The van der Waals surface area contributed by atoms with Crippen LogP contribution < -0.4 is 10.6 Å². The summed E-state index contributed by atoms with van der Waals surface area (Å²) < 4.78 is 2.46. The molecule has 126 valence electrons. The Labute approximate surface area is 145 Å². The van der Waals surface area contributed by atoms with Crippen LogP contribution in [-0.4, -0.2) is 40.5 Å². The molecule has 23 heavy (non-hydrogen) atoms. The van der Waals surface area contributed by atoms with Gasteiger partial charge in [0.05, 0.1) is 17.1 Å². The highest BCUT2D eigenvalue weighted by molar-refractivity contribution is 7.16. The molecule has 8 heteroatoms. The molecule has 0 fully saturated rings. The molecule has 0 aliphatic carbocycles. The summed E-state index contributed by atoms with van der Waals surface area (Å²) in [5.41, 5.74) is 1.17. The van der Waals surface area contributed by atoms with Gasteiger partial charge in [-0.2, -0.15) is 5.10 Å². The van der Waals surface area contributed by atoms with Gasteiger partial charge in [-0.25, -0.2) is 0 Å². The fourth-order valence-electron chi connectivity index (χ4n) is 2.04. The number of aromatic nitrogens is 2. The molecule has 2 aromatic rings. The Kier molecular flexibility index (Phi) is 6.88. The minimum atomic E-state index is -0.638. The smallest absolute Gasteiger partial charge is 0.191 e. The molecule has 0 saturated heterocycles. The first kappa shape index (κ1) is 17.8. The van der Waals surface area contributed by atoms with Crippen LogP contribution in [0.15, 0.2) is 29.5 Å². The van der Waals surface area contributed by atoms with Crippen molar-refractivity contribution in [2.24, 2.45) is 12.0 Å². The minimum absolute atomic E-state index is 0.291. The Bertz CT molecular complexity index is 639. The molecule has 0 aliphatic rings. The van der Waals surface area contributed by atoms with Crippen molar-refractivity contribution >= 4 is 28.9 Å². The van der Waals surface area contributed by atoms with Crippen molar-refractivity contribution in [3.8, 4) is 0 Å². The Morgan fingerprint density at radius 2 is 2.30 bits per heavy atom. The maximum atomic E-state index is 10.1. The Morgan fingerprint density at radius 1 is 1.48 bits per heavy atom. The van der Waals surface area contributed by atoms with E-state index in [1.165, 1.54) is 16.9 Å². The van der Waals surface area contributed by atoms with Crippen LogP contribution in [0.25, 0.3) is 0 Å². The third-order valence-electron chi connectivity index (χ3n) is 3.15. The quantitative estimate of drug-likeness (QED) is 0.524. The summed E-state index contributed by atoms with van der Waals surface area (Å²) >= 11 is 7.26. The summed E-state index contributed by atoms with van der Waals surface area (Å²) in [5, 5.41) is 20.7. The van der Waals surface area contributed by atoms with E-state index in [-0.39, 0.29) is 0 Å². The largest absolute Gasteiger partial charge is 0.386 e. The Morgan fingerprint density at radius 3 is 2.91 bits per heavy atom. The van der Waals surface area contributed by atoms with Crippen molar-refractivity contribution in [3.63, 3.8) is 0 Å². The van der Waals surface area contributed by atoms with Gasteiger partial charge >= 0.3 is 0 Å². The topological polar surface area (TPSA) is 74.5 Å². The van der Waals surface area contributed by atoms with E-state index in [1.54, 1.807) is 10.7 Å². The predicted octanol–water partition coefficient (Wildman–Crippen LogP) is 1.97. The molecule has 1 atom stereocenters. The molecule has 0 aromatic carbocycles. The lowest BCUT2D eigenvalue weighted by Crippen LogP contribution is -2.38. The number of aliphatic imine (C=N–C) groups is 1. The van der Waals surface area contributed by atoms with E-state index in [0.717, 1.165) is 24.4 Å². The van der Waals surface area contributed by atoms with Crippen LogP contribution in [0.3, 0.4) is 0 Å². The zero-order valence-electron chi connectivity index (χ0n) is 13.3. The van der Waals surface area contributed by atoms with Crippen molar-refractivity contribution in [2.45, 2.75) is 19.4 Å². The summed E-state index contributed by atoms with van der Waals surface area (Å²) in [6.45, 7) is 3.81. The third-order valence-corrected chi connectivity index (χ3v) is 4.49. The maximum Gasteiger partial charge on any atom is 0.191 e. The molecule has 0 spiro atoms. The molecule has 0 bridgehead atoms. The Hall–Kier alpha value is -1.57. The molecule has 2 heterocycles. The average Bonchev–Trinajstić information content (AvgIpc) is 3.13. The normalized spacial score (nSPS) is 13.1. The van der Waals surface area contributed by atoms with Gasteiger partial charge in [-0.1, -0.05) is 11.6 Å². The maximum absolute atomic E-state index is 10.1. The van der Waals surface area contributed by atoms with Crippen molar-refractivity contribution < 1.29 is 5.11 Å². The summed E-state index contributed by atoms with van der Waals surface area (Å²) in [6, 6.07) is 3.61. The summed E-state index contributed by atoms with van der Waals surface area (Å²) in [4.78, 5) is 5.25. The molecule has 1 unspecified atom stereocenters. The second-order valence-electron chi connectivity index (χ2n) is 5.08. The lowest BCUT2D eigenvalue weighted by Gasteiger charge is -2.12. The number of nitrogens with zero attached hydrogens (tertiary/aromatic N) is 3. The van der Waals surface area contributed by atoms with Gasteiger partial charge in [-0.05, 0) is 31.0 Å². The summed E-state index contributed by atoms with van der Waals surface area (Å²) in [5.74, 6) is 0.693.